The Morgan fingerprint density at radius 2 is 1.11 bits per heavy atom. The maximum absolute atomic E-state index is 14.4. The van der Waals surface area contributed by atoms with Gasteiger partial charge in [-0.15, -0.1) is 0 Å². The summed E-state index contributed by atoms with van der Waals surface area (Å²) in [6.45, 7) is -2.20. The average molecular weight is 919 g/mol. The number of ether oxygens (including phenoxy) is 7. The van der Waals surface area contributed by atoms with E-state index in [1.54, 1.807) is 0 Å². The van der Waals surface area contributed by atoms with Crippen LogP contribution in [0.2, 0.25) is 0 Å². The summed E-state index contributed by atoms with van der Waals surface area (Å²) in [4.78, 5) is 26.9. The molecule has 65 heavy (non-hydrogen) atoms. The van der Waals surface area contributed by atoms with Crippen LogP contribution in [0.25, 0.3) is 28.4 Å². The quantitative estimate of drug-likeness (QED) is 0.0461. The monoisotopic (exact) mass is 918 g/mol. The number of phenolic OH excluding ortho intramolecular Hbond substituents is 2. The van der Waals surface area contributed by atoms with Gasteiger partial charge in [0.1, 0.15) is 114 Å². The SMILES string of the molecule is O=C(/C=C/c1ccc(O)cc1)OCC1O[C@@H](Oc2c(-c3ccc(O[C@@H]4OC(CO)[C@@H](O)C(O)C4O)cc3)oc3cc(O[C@@H]4OC(CO)[C@@H](O)[C@H](O)C4O)cc(O)c3c2=O)C(O)C(O)[C@@H]1O. The van der Waals surface area contributed by atoms with Crippen LogP contribution in [0.5, 0.6) is 28.7 Å². The molecule has 23 heteroatoms. The van der Waals surface area contributed by atoms with Gasteiger partial charge in [0.2, 0.25) is 30.0 Å². The zero-order chi connectivity index (χ0) is 46.9. The summed E-state index contributed by atoms with van der Waals surface area (Å²) in [6.07, 6.45) is -23.6. The van der Waals surface area contributed by atoms with E-state index in [-0.39, 0.29) is 22.8 Å². The van der Waals surface area contributed by atoms with Gasteiger partial charge in [0.25, 0.3) is 0 Å². The molecule has 0 bridgehead atoms. The Morgan fingerprint density at radius 1 is 0.600 bits per heavy atom. The van der Waals surface area contributed by atoms with Gasteiger partial charge < -0.3 is 104 Å². The maximum atomic E-state index is 14.4. The first-order valence-electron chi connectivity index (χ1n) is 19.9. The van der Waals surface area contributed by atoms with Crippen molar-refractivity contribution in [3.63, 3.8) is 0 Å². The molecule has 7 rings (SSSR count). The van der Waals surface area contributed by atoms with Crippen molar-refractivity contribution in [2.45, 2.75) is 92.1 Å². The number of benzene rings is 3. The van der Waals surface area contributed by atoms with E-state index in [9.17, 15) is 76.0 Å². The highest BCUT2D eigenvalue weighted by Gasteiger charge is 2.48. The molecule has 0 radical (unpaired) electrons. The standard InChI is InChI=1S/C42H46O23/c43-13-23-28(48)32(52)35(55)40(62-23)59-19-8-4-17(5-9-19)38-39(31(51)27-21(46)11-20(12-22(27)61-38)60-41-36(56)33(53)29(49)24(14-44)63-41)65-42-37(57)34(54)30(50)25(64-42)15-58-26(47)10-3-16-1-6-18(45)7-2-16/h1-12,23-25,28-30,32-37,40-46,48-50,52-57H,13-15H2/b10-3+/t23?,24?,25?,28-,29-,30-,32?,33+,34?,35?,36?,37?,40-,41-,42+/m1/s1. The van der Waals surface area contributed by atoms with Crippen molar-refractivity contribution in [3.05, 3.63) is 82.5 Å². The van der Waals surface area contributed by atoms with E-state index in [4.69, 9.17) is 37.6 Å². The first kappa shape index (κ1) is 47.5. The van der Waals surface area contributed by atoms with Crippen LogP contribution in [0, 0.1) is 0 Å². The normalized spacial score (nSPS) is 32.9. The number of rotatable bonds is 13. The summed E-state index contributed by atoms with van der Waals surface area (Å²) in [7, 11) is 0. The van der Waals surface area contributed by atoms with Gasteiger partial charge in [0.15, 0.2) is 5.76 Å². The zero-order valence-corrected chi connectivity index (χ0v) is 33.6. The summed E-state index contributed by atoms with van der Waals surface area (Å²) in [5.74, 6) is -3.24. The summed E-state index contributed by atoms with van der Waals surface area (Å²) < 4.78 is 45.0. The van der Waals surface area contributed by atoms with Gasteiger partial charge in [-0.05, 0) is 48.0 Å². The zero-order valence-electron chi connectivity index (χ0n) is 33.6. The number of aromatic hydroxyl groups is 2. The van der Waals surface area contributed by atoms with Crippen LogP contribution in [0.4, 0.5) is 0 Å². The highest BCUT2D eigenvalue weighted by atomic mass is 16.7. The molecule has 0 spiro atoms. The summed E-state index contributed by atoms with van der Waals surface area (Å²) in [6, 6.07) is 13.0. The molecule has 0 aliphatic carbocycles. The highest BCUT2D eigenvalue weighted by molar-refractivity contribution is 5.88. The number of esters is 1. The number of hydrogen-bond acceptors (Lipinski definition) is 23. The van der Waals surface area contributed by atoms with Gasteiger partial charge in [-0.25, -0.2) is 4.79 Å². The lowest BCUT2D eigenvalue weighted by atomic mass is 9.99. The number of aliphatic hydroxyl groups is 11. The maximum Gasteiger partial charge on any atom is 0.330 e. The predicted octanol–water partition coefficient (Wildman–Crippen LogP) is -3.33. The van der Waals surface area contributed by atoms with E-state index < -0.39 is 152 Å². The molecule has 3 aromatic carbocycles. The molecule has 15 atom stereocenters. The van der Waals surface area contributed by atoms with E-state index in [0.717, 1.165) is 18.2 Å². The third-order valence-corrected chi connectivity index (χ3v) is 10.8. The van der Waals surface area contributed by atoms with E-state index in [1.807, 2.05) is 0 Å². The van der Waals surface area contributed by atoms with Gasteiger partial charge >= 0.3 is 5.97 Å². The molecule has 23 nitrogen and oxygen atoms in total. The Balaban J connectivity index is 1.20. The molecule has 13 N–H and O–H groups in total. The minimum atomic E-state index is -2.06. The van der Waals surface area contributed by atoms with Crippen LogP contribution in [0.3, 0.4) is 0 Å². The third-order valence-electron chi connectivity index (χ3n) is 10.8. The van der Waals surface area contributed by atoms with Crippen molar-refractivity contribution < 1.29 is 109 Å². The molecule has 3 saturated heterocycles. The molecule has 3 aliphatic rings. The first-order chi connectivity index (χ1) is 31.0. The number of carbonyl (C=O) groups excluding carboxylic acids is 1. The number of hydrogen-bond donors (Lipinski definition) is 13. The number of aliphatic hydroxyl groups excluding tert-OH is 11. The van der Waals surface area contributed by atoms with Crippen molar-refractivity contribution in [2.75, 3.05) is 19.8 Å². The fourth-order valence-electron chi connectivity index (χ4n) is 7.14. The molecule has 1 aromatic heterocycles. The molecule has 4 heterocycles. The molecule has 4 aromatic rings. The second kappa shape index (κ2) is 19.9. The van der Waals surface area contributed by atoms with Gasteiger partial charge in [0.05, 0.1) is 13.2 Å². The van der Waals surface area contributed by atoms with Crippen molar-refractivity contribution in [1.82, 2.24) is 0 Å². The highest BCUT2D eigenvalue weighted by Crippen LogP contribution is 2.39. The smallest absolute Gasteiger partial charge is 0.330 e. The second-order valence-electron chi connectivity index (χ2n) is 15.2. The minimum Gasteiger partial charge on any atom is -0.508 e. The van der Waals surface area contributed by atoms with E-state index in [0.29, 0.717) is 5.56 Å². The van der Waals surface area contributed by atoms with Crippen LogP contribution < -0.4 is 19.6 Å². The fraction of sp³-hybridized carbons (Fsp3) is 0.429. The van der Waals surface area contributed by atoms with Crippen LogP contribution in [0.15, 0.2) is 76.0 Å². The Bertz CT molecular complexity index is 2350. The molecule has 3 aliphatic heterocycles. The third kappa shape index (κ3) is 10.0. The van der Waals surface area contributed by atoms with Gasteiger partial charge in [-0.1, -0.05) is 12.1 Å². The van der Waals surface area contributed by atoms with E-state index >= 15 is 0 Å². The lowest BCUT2D eigenvalue weighted by Gasteiger charge is -2.39. The number of carbonyl (C=O) groups is 1. The summed E-state index contributed by atoms with van der Waals surface area (Å²) >= 11 is 0. The van der Waals surface area contributed by atoms with Crippen molar-refractivity contribution in [2.24, 2.45) is 0 Å². The summed E-state index contributed by atoms with van der Waals surface area (Å²) in [5.41, 5.74) is -0.968. The summed E-state index contributed by atoms with van der Waals surface area (Å²) in [5, 5.41) is 134. The average Bonchev–Trinajstić information content (AvgIpc) is 3.29. The van der Waals surface area contributed by atoms with Crippen molar-refractivity contribution in [3.8, 4) is 40.1 Å². The Kier molecular flexibility index (Phi) is 14.6. The molecule has 3 fully saturated rings. The van der Waals surface area contributed by atoms with E-state index in [1.165, 1.54) is 54.6 Å². The van der Waals surface area contributed by atoms with E-state index in [2.05, 4.69) is 0 Å². The van der Waals surface area contributed by atoms with Crippen LogP contribution in [-0.2, 0) is 23.7 Å². The Hall–Kier alpha value is -5.48. The lowest BCUT2D eigenvalue weighted by Crippen LogP contribution is -2.60. The van der Waals surface area contributed by atoms with Gasteiger partial charge in [-0.2, -0.15) is 0 Å². The largest absolute Gasteiger partial charge is 0.508 e. The van der Waals surface area contributed by atoms with Crippen molar-refractivity contribution >= 4 is 23.0 Å². The predicted molar refractivity (Wildman–Crippen MR) is 214 cm³/mol. The lowest BCUT2D eigenvalue weighted by molar-refractivity contribution is -0.278. The van der Waals surface area contributed by atoms with Gasteiger partial charge in [0, 0.05) is 23.8 Å². The first-order valence-corrected chi connectivity index (χ1v) is 19.9. The Morgan fingerprint density at radius 3 is 1.66 bits per heavy atom. The second-order valence-corrected chi connectivity index (χ2v) is 15.2. The molecule has 8 unspecified atom stereocenters. The molecular weight excluding hydrogens is 872 g/mol. The molecule has 0 saturated carbocycles. The van der Waals surface area contributed by atoms with Crippen LogP contribution in [-0.4, -0.2) is 184 Å². The topological polar surface area (TPSA) is 375 Å². The minimum absolute atomic E-state index is 0.00238. The molecular formula is C42H46O23. The van der Waals surface area contributed by atoms with Crippen molar-refractivity contribution in [1.29, 1.82) is 0 Å². The fourth-order valence-corrected chi connectivity index (χ4v) is 7.14. The molecule has 352 valence electrons. The Labute approximate surface area is 365 Å². The number of fused-ring (bicyclic) bond motifs is 1. The number of phenols is 2. The van der Waals surface area contributed by atoms with Crippen LogP contribution in [0.1, 0.15) is 5.56 Å². The van der Waals surface area contributed by atoms with Crippen LogP contribution >= 0.6 is 0 Å². The van der Waals surface area contributed by atoms with Gasteiger partial charge in [-0.3, -0.25) is 4.79 Å². The molecule has 0 amide bonds.